The van der Waals surface area contributed by atoms with Gasteiger partial charge in [-0.05, 0) is 25.0 Å². The zero-order chi connectivity index (χ0) is 21.6. The van der Waals surface area contributed by atoms with E-state index in [4.69, 9.17) is 4.74 Å². The second-order valence-electron chi connectivity index (χ2n) is 8.47. The molecule has 0 N–H and O–H groups in total. The molecule has 1 atom stereocenters. The maximum Gasteiger partial charge on any atom is 0.224 e. The molecule has 1 aromatic carbocycles. The summed E-state index contributed by atoms with van der Waals surface area (Å²) in [5.41, 5.74) is 1.18. The number of imidazole rings is 1. The highest BCUT2D eigenvalue weighted by molar-refractivity contribution is 5.76. The number of hydrogen-bond donors (Lipinski definition) is 0. The molecule has 168 valence electrons. The lowest BCUT2D eigenvalue weighted by Crippen LogP contribution is -2.56. The zero-order valence-electron chi connectivity index (χ0n) is 18.9. The number of carbonyl (C=O) groups excluding carboxylic acids is 1. The number of hydrogen-bond acceptors (Lipinski definition) is 5. The molecule has 0 spiro atoms. The highest BCUT2D eigenvalue weighted by Crippen LogP contribution is 2.29. The molecule has 0 saturated carbocycles. The Hall–Kier alpha value is -2.54. The van der Waals surface area contributed by atoms with Crippen LogP contribution < -0.4 is 9.64 Å². The Kier molecular flexibility index (Phi) is 7.12. The summed E-state index contributed by atoms with van der Waals surface area (Å²) in [4.78, 5) is 24.3. The van der Waals surface area contributed by atoms with Crippen molar-refractivity contribution in [3.05, 3.63) is 42.5 Å². The highest BCUT2D eigenvalue weighted by atomic mass is 16.5. The van der Waals surface area contributed by atoms with Gasteiger partial charge in [0.2, 0.25) is 5.91 Å². The predicted octanol–water partition coefficient (Wildman–Crippen LogP) is 2.66. The number of likely N-dealkylation sites (tertiary alicyclic amines) is 1. The number of methoxy groups -OCH3 is 1. The Morgan fingerprint density at radius 3 is 2.74 bits per heavy atom. The number of carbonyl (C=O) groups is 1. The van der Waals surface area contributed by atoms with Crippen molar-refractivity contribution in [1.29, 1.82) is 0 Å². The maximum atomic E-state index is 12.9. The summed E-state index contributed by atoms with van der Waals surface area (Å²) in [6.45, 7) is 8.61. The molecule has 2 fully saturated rings. The summed E-state index contributed by atoms with van der Waals surface area (Å²) in [6.07, 6.45) is 7.52. The monoisotopic (exact) mass is 425 g/mol. The third kappa shape index (κ3) is 5.03. The first-order chi connectivity index (χ1) is 15.2. The number of para-hydroxylation sites is 2. The van der Waals surface area contributed by atoms with Crippen molar-refractivity contribution in [3.8, 4) is 5.75 Å². The molecule has 0 unspecified atom stereocenters. The third-order valence-electron chi connectivity index (χ3n) is 6.69. The van der Waals surface area contributed by atoms with Crippen molar-refractivity contribution in [2.75, 3.05) is 51.3 Å². The summed E-state index contributed by atoms with van der Waals surface area (Å²) in [5, 5.41) is 0. The fourth-order valence-electron chi connectivity index (χ4n) is 4.93. The van der Waals surface area contributed by atoms with Crippen LogP contribution in [0.25, 0.3) is 0 Å². The standard InChI is InChI=1S/C24H35N5O2/c1-3-23-25-11-14-28(23)13-10-24(30)29-12-6-7-20(19-29)26-15-17-27(18-16-26)21-8-4-5-9-22(21)31-2/h4-5,8-9,11,14,20H,3,6-7,10,12-13,15-19H2,1-2H3/t20-/m0/s1. The van der Waals surface area contributed by atoms with Crippen molar-refractivity contribution < 1.29 is 9.53 Å². The van der Waals surface area contributed by atoms with E-state index in [0.29, 0.717) is 12.5 Å². The minimum Gasteiger partial charge on any atom is -0.495 e. The predicted molar refractivity (Wildman–Crippen MR) is 123 cm³/mol. The number of anilines is 1. The van der Waals surface area contributed by atoms with Gasteiger partial charge < -0.3 is 19.1 Å². The van der Waals surface area contributed by atoms with Crippen LogP contribution in [0.1, 0.15) is 32.0 Å². The van der Waals surface area contributed by atoms with Gasteiger partial charge in [-0.25, -0.2) is 4.98 Å². The number of rotatable bonds is 7. The minimum absolute atomic E-state index is 0.271. The first-order valence-electron chi connectivity index (χ1n) is 11.6. The van der Waals surface area contributed by atoms with Crippen LogP contribution in [0, 0.1) is 0 Å². The molecule has 31 heavy (non-hydrogen) atoms. The SMILES string of the molecule is CCc1nccn1CCC(=O)N1CCC[C@H](N2CCN(c3ccccc3OC)CC2)C1. The number of ether oxygens (including phenoxy) is 1. The Balaban J connectivity index is 1.28. The number of aryl methyl sites for hydroxylation is 2. The number of aromatic nitrogens is 2. The quantitative estimate of drug-likeness (QED) is 0.683. The van der Waals surface area contributed by atoms with Gasteiger partial charge in [0.15, 0.2) is 0 Å². The smallest absolute Gasteiger partial charge is 0.224 e. The molecule has 0 aliphatic carbocycles. The van der Waals surface area contributed by atoms with Gasteiger partial charge in [-0.2, -0.15) is 0 Å². The minimum atomic E-state index is 0.271. The molecule has 1 aromatic heterocycles. The van der Waals surface area contributed by atoms with Crippen LogP contribution in [-0.4, -0.2) is 77.7 Å². The normalized spacial score (nSPS) is 20.1. The molecule has 0 bridgehead atoms. The van der Waals surface area contributed by atoms with E-state index in [0.717, 1.165) is 70.2 Å². The number of benzene rings is 1. The molecule has 0 radical (unpaired) electrons. The van der Waals surface area contributed by atoms with Crippen LogP contribution in [0.4, 0.5) is 5.69 Å². The van der Waals surface area contributed by atoms with Gasteiger partial charge in [-0.1, -0.05) is 19.1 Å². The van der Waals surface area contributed by atoms with Gasteiger partial charge in [-0.3, -0.25) is 9.69 Å². The molecular formula is C24H35N5O2. The lowest BCUT2D eigenvalue weighted by Gasteiger charge is -2.44. The van der Waals surface area contributed by atoms with Crippen LogP contribution in [0.5, 0.6) is 5.75 Å². The summed E-state index contributed by atoms with van der Waals surface area (Å²) in [5.74, 6) is 2.26. The summed E-state index contributed by atoms with van der Waals surface area (Å²) >= 11 is 0. The molecule has 7 heteroatoms. The molecule has 4 rings (SSSR count). The first-order valence-corrected chi connectivity index (χ1v) is 11.6. The fourth-order valence-corrected chi connectivity index (χ4v) is 4.93. The highest BCUT2D eigenvalue weighted by Gasteiger charge is 2.30. The topological polar surface area (TPSA) is 53.8 Å². The van der Waals surface area contributed by atoms with E-state index in [1.807, 2.05) is 24.5 Å². The molecule has 1 amide bonds. The van der Waals surface area contributed by atoms with Crippen LogP contribution in [-0.2, 0) is 17.8 Å². The Morgan fingerprint density at radius 2 is 1.97 bits per heavy atom. The second kappa shape index (κ2) is 10.2. The molecule has 3 heterocycles. The van der Waals surface area contributed by atoms with Crippen LogP contribution >= 0.6 is 0 Å². The van der Waals surface area contributed by atoms with E-state index in [-0.39, 0.29) is 5.91 Å². The van der Waals surface area contributed by atoms with E-state index in [1.165, 1.54) is 12.1 Å². The largest absolute Gasteiger partial charge is 0.495 e. The molecule has 2 saturated heterocycles. The first kappa shape index (κ1) is 21.7. The number of nitrogens with zero attached hydrogens (tertiary/aromatic N) is 5. The fraction of sp³-hybridized carbons (Fsp3) is 0.583. The number of piperazine rings is 1. The summed E-state index contributed by atoms with van der Waals surface area (Å²) in [7, 11) is 1.73. The van der Waals surface area contributed by atoms with E-state index < -0.39 is 0 Å². The van der Waals surface area contributed by atoms with Gasteiger partial charge >= 0.3 is 0 Å². The number of amides is 1. The average Bonchev–Trinajstić information content (AvgIpc) is 3.30. The second-order valence-corrected chi connectivity index (χ2v) is 8.47. The van der Waals surface area contributed by atoms with Crippen LogP contribution in [0.15, 0.2) is 36.7 Å². The lowest BCUT2D eigenvalue weighted by molar-refractivity contribution is -0.133. The van der Waals surface area contributed by atoms with Gasteiger partial charge in [-0.15, -0.1) is 0 Å². The molecule has 7 nitrogen and oxygen atoms in total. The number of piperidine rings is 1. The molecule has 2 aliphatic heterocycles. The maximum absolute atomic E-state index is 12.9. The average molecular weight is 426 g/mol. The van der Waals surface area contributed by atoms with Crippen LogP contribution in [0.3, 0.4) is 0 Å². The molecule has 2 aromatic rings. The van der Waals surface area contributed by atoms with Gasteiger partial charge in [0.05, 0.1) is 12.8 Å². The Bertz CT molecular complexity index is 859. The summed E-state index contributed by atoms with van der Waals surface area (Å²) in [6, 6.07) is 8.72. The van der Waals surface area contributed by atoms with Crippen molar-refractivity contribution in [2.45, 2.75) is 45.2 Å². The van der Waals surface area contributed by atoms with Crippen LogP contribution in [0.2, 0.25) is 0 Å². The van der Waals surface area contributed by atoms with Gasteiger partial charge in [0.1, 0.15) is 11.6 Å². The van der Waals surface area contributed by atoms with Gasteiger partial charge in [0, 0.05) is 77.1 Å². The van der Waals surface area contributed by atoms with Crippen molar-refractivity contribution in [1.82, 2.24) is 19.4 Å². The Labute approximate surface area is 185 Å². The van der Waals surface area contributed by atoms with E-state index in [9.17, 15) is 4.79 Å². The molecule has 2 aliphatic rings. The van der Waals surface area contributed by atoms with Crippen molar-refractivity contribution in [3.63, 3.8) is 0 Å². The Morgan fingerprint density at radius 1 is 1.16 bits per heavy atom. The van der Waals surface area contributed by atoms with Gasteiger partial charge in [0.25, 0.3) is 0 Å². The summed E-state index contributed by atoms with van der Waals surface area (Å²) < 4.78 is 7.65. The van der Waals surface area contributed by atoms with Crippen molar-refractivity contribution >= 4 is 11.6 Å². The third-order valence-corrected chi connectivity index (χ3v) is 6.69. The van der Waals surface area contributed by atoms with E-state index in [2.05, 4.69) is 43.3 Å². The molecular weight excluding hydrogens is 390 g/mol. The zero-order valence-corrected chi connectivity index (χ0v) is 18.9. The lowest BCUT2D eigenvalue weighted by atomic mass is 10.0. The van der Waals surface area contributed by atoms with Crippen molar-refractivity contribution in [2.24, 2.45) is 0 Å². The van der Waals surface area contributed by atoms with E-state index in [1.54, 1.807) is 7.11 Å². The van der Waals surface area contributed by atoms with E-state index >= 15 is 0 Å².